The van der Waals surface area contributed by atoms with Gasteiger partial charge in [-0.2, -0.15) is 0 Å². The molecule has 3 rings (SSSR count). The van der Waals surface area contributed by atoms with Crippen LogP contribution in [0.2, 0.25) is 5.02 Å². The van der Waals surface area contributed by atoms with Gasteiger partial charge in [-0.05, 0) is 31.5 Å². The number of nitrogens with one attached hydrogen (secondary N) is 2. The van der Waals surface area contributed by atoms with Crippen LogP contribution in [0.1, 0.15) is 24.9 Å². The molecular formula is C22H37ClIN5O2. The van der Waals surface area contributed by atoms with E-state index in [1.807, 2.05) is 18.2 Å². The largest absolute Gasteiger partial charge is 0.379 e. The van der Waals surface area contributed by atoms with Gasteiger partial charge in [-0.3, -0.25) is 14.8 Å². The summed E-state index contributed by atoms with van der Waals surface area (Å²) in [4.78, 5) is 9.80. The first-order valence-corrected chi connectivity index (χ1v) is 11.5. The summed E-state index contributed by atoms with van der Waals surface area (Å²) in [6, 6.07) is 8.24. The van der Waals surface area contributed by atoms with Gasteiger partial charge in [-0.1, -0.05) is 29.8 Å². The molecule has 176 valence electrons. The normalized spacial score (nSPS) is 19.5. The van der Waals surface area contributed by atoms with Crippen molar-refractivity contribution in [1.82, 2.24) is 20.4 Å². The number of hydrogen-bond acceptors (Lipinski definition) is 5. The molecule has 0 aliphatic carbocycles. The van der Waals surface area contributed by atoms with Crippen molar-refractivity contribution in [3.63, 3.8) is 0 Å². The second-order valence-electron chi connectivity index (χ2n) is 7.64. The Morgan fingerprint density at radius 3 is 2.42 bits per heavy atom. The van der Waals surface area contributed by atoms with Crippen molar-refractivity contribution in [3.8, 4) is 0 Å². The number of hydrogen-bond donors (Lipinski definition) is 2. The fourth-order valence-corrected chi connectivity index (χ4v) is 4.16. The molecule has 31 heavy (non-hydrogen) atoms. The standard InChI is InChI=1S/C22H36ClN5O2.HI/c1-2-24-22(25-8-5-9-27-10-14-29-15-11-27)26-18-21(28-12-16-30-17-13-28)19-6-3-4-7-20(19)23;/h3-4,6-7,21H,2,5,8-18H2,1H3,(H2,24,25,26);1H. The molecule has 9 heteroatoms. The Morgan fingerprint density at radius 2 is 1.74 bits per heavy atom. The van der Waals surface area contributed by atoms with Gasteiger partial charge in [-0.25, -0.2) is 0 Å². The SMILES string of the molecule is CCNC(=NCC(c1ccccc1Cl)N1CCOCC1)NCCCN1CCOCC1.I. The number of aliphatic imine (C=N–C) groups is 1. The number of benzene rings is 1. The smallest absolute Gasteiger partial charge is 0.191 e. The summed E-state index contributed by atoms with van der Waals surface area (Å²) >= 11 is 6.54. The fourth-order valence-electron chi connectivity index (χ4n) is 3.90. The number of guanidine groups is 1. The van der Waals surface area contributed by atoms with E-state index in [1.54, 1.807) is 0 Å². The third kappa shape index (κ3) is 9.01. The molecule has 2 fully saturated rings. The van der Waals surface area contributed by atoms with Crippen LogP contribution in [0, 0.1) is 0 Å². The van der Waals surface area contributed by atoms with Gasteiger partial charge < -0.3 is 20.1 Å². The molecule has 1 atom stereocenters. The Bertz CT molecular complexity index is 655. The van der Waals surface area contributed by atoms with Crippen molar-refractivity contribution in [2.45, 2.75) is 19.4 Å². The molecule has 0 amide bonds. The van der Waals surface area contributed by atoms with E-state index in [-0.39, 0.29) is 30.0 Å². The number of nitrogens with zero attached hydrogens (tertiary/aromatic N) is 3. The zero-order valence-electron chi connectivity index (χ0n) is 18.5. The van der Waals surface area contributed by atoms with Gasteiger partial charge in [0.15, 0.2) is 5.96 Å². The maximum Gasteiger partial charge on any atom is 0.191 e. The molecule has 2 aliphatic heterocycles. The van der Waals surface area contributed by atoms with Crippen molar-refractivity contribution in [3.05, 3.63) is 34.9 Å². The van der Waals surface area contributed by atoms with Crippen molar-refractivity contribution >= 4 is 41.5 Å². The van der Waals surface area contributed by atoms with E-state index in [0.717, 1.165) is 95.2 Å². The van der Waals surface area contributed by atoms with Crippen LogP contribution in [0.3, 0.4) is 0 Å². The molecule has 2 saturated heterocycles. The van der Waals surface area contributed by atoms with Gasteiger partial charge in [-0.15, -0.1) is 24.0 Å². The summed E-state index contributed by atoms with van der Waals surface area (Å²) in [5.41, 5.74) is 1.13. The highest BCUT2D eigenvalue weighted by Gasteiger charge is 2.24. The van der Waals surface area contributed by atoms with Crippen LogP contribution < -0.4 is 10.6 Å². The molecule has 0 radical (unpaired) electrons. The van der Waals surface area contributed by atoms with Crippen LogP contribution >= 0.6 is 35.6 Å². The minimum absolute atomic E-state index is 0. The van der Waals surface area contributed by atoms with Crippen LogP contribution in [0.5, 0.6) is 0 Å². The first kappa shape index (κ1) is 26.6. The van der Waals surface area contributed by atoms with E-state index in [1.165, 1.54) is 0 Å². The first-order valence-electron chi connectivity index (χ1n) is 11.2. The van der Waals surface area contributed by atoms with Crippen molar-refractivity contribution in [2.24, 2.45) is 4.99 Å². The third-order valence-electron chi connectivity index (χ3n) is 5.56. The van der Waals surface area contributed by atoms with Crippen molar-refractivity contribution in [2.75, 3.05) is 78.8 Å². The Kier molecular flexibility index (Phi) is 13.1. The maximum absolute atomic E-state index is 6.54. The Labute approximate surface area is 208 Å². The average Bonchev–Trinajstić information content (AvgIpc) is 2.79. The summed E-state index contributed by atoms with van der Waals surface area (Å²) in [7, 11) is 0. The Hall–Kier alpha value is -0.650. The van der Waals surface area contributed by atoms with Gasteiger partial charge in [0.1, 0.15) is 0 Å². The highest BCUT2D eigenvalue weighted by Crippen LogP contribution is 2.28. The minimum atomic E-state index is 0. The van der Waals surface area contributed by atoms with Crippen LogP contribution in [-0.4, -0.2) is 94.5 Å². The van der Waals surface area contributed by atoms with E-state index < -0.39 is 0 Å². The van der Waals surface area contributed by atoms with Crippen LogP contribution in [0.25, 0.3) is 0 Å². The molecule has 0 aromatic heterocycles. The lowest BCUT2D eigenvalue weighted by Crippen LogP contribution is -2.42. The van der Waals surface area contributed by atoms with Crippen molar-refractivity contribution in [1.29, 1.82) is 0 Å². The molecule has 0 bridgehead atoms. The molecule has 0 spiro atoms. The van der Waals surface area contributed by atoms with Gasteiger partial charge in [0.2, 0.25) is 0 Å². The predicted octanol–water partition coefficient (Wildman–Crippen LogP) is 2.61. The van der Waals surface area contributed by atoms with Crippen LogP contribution in [0.15, 0.2) is 29.3 Å². The molecule has 1 aromatic carbocycles. The topological polar surface area (TPSA) is 61.4 Å². The summed E-state index contributed by atoms with van der Waals surface area (Å²) in [6.07, 6.45) is 1.09. The summed E-state index contributed by atoms with van der Waals surface area (Å²) in [5, 5.41) is 7.66. The molecular weight excluding hydrogens is 529 g/mol. The van der Waals surface area contributed by atoms with Gasteiger partial charge >= 0.3 is 0 Å². The highest BCUT2D eigenvalue weighted by atomic mass is 127. The monoisotopic (exact) mass is 565 g/mol. The lowest BCUT2D eigenvalue weighted by molar-refractivity contribution is 0.0180. The highest BCUT2D eigenvalue weighted by molar-refractivity contribution is 14.0. The maximum atomic E-state index is 6.54. The first-order chi connectivity index (χ1) is 14.8. The number of ether oxygens (including phenoxy) is 2. The Balaban J connectivity index is 0.00000341. The summed E-state index contributed by atoms with van der Waals surface area (Å²) in [6.45, 7) is 12.7. The van der Waals surface area contributed by atoms with E-state index in [2.05, 4.69) is 33.4 Å². The molecule has 1 unspecified atom stereocenters. The molecule has 7 nitrogen and oxygen atoms in total. The zero-order chi connectivity index (χ0) is 21.0. The van der Waals surface area contributed by atoms with E-state index >= 15 is 0 Å². The molecule has 0 saturated carbocycles. The molecule has 2 N–H and O–H groups in total. The fraction of sp³-hybridized carbons (Fsp3) is 0.682. The second-order valence-corrected chi connectivity index (χ2v) is 8.05. The minimum Gasteiger partial charge on any atom is -0.379 e. The zero-order valence-corrected chi connectivity index (χ0v) is 21.6. The van der Waals surface area contributed by atoms with Crippen LogP contribution in [0.4, 0.5) is 0 Å². The Morgan fingerprint density at radius 1 is 1.06 bits per heavy atom. The third-order valence-corrected chi connectivity index (χ3v) is 5.91. The lowest BCUT2D eigenvalue weighted by Gasteiger charge is -2.34. The lowest BCUT2D eigenvalue weighted by atomic mass is 10.0. The summed E-state index contributed by atoms with van der Waals surface area (Å²) in [5.74, 6) is 0.866. The molecule has 2 heterocycles. The number of morpholine rings is 2. The number of halogens is 2. The second kappa shape index (κ2) is 15.2. The van der Waals surface area contributed by atoms with E-state index in [9.17, 15) is 0 Å². The van der Waals surface area contributed by atoms with Gasteiger partial charge in [0, 0.05) is 44.3 Å². The average molecular weight is 566 g/mol. The van der Waals surface area contributed by atoms with Crippen molar-refractivity contribution < 1.29 is 9.47 Å². The van der Waals surface area contributed by atoms with E-state index in [4.69, 9.17) is 26.1 Å². The predicted molar refractivity (Wildman–Crippen MR) is 138 cm³/mol. The number of rotatable bonds is 9. The van der Waals surface area contributed by atoms with Gasteiger partial charge in [0.25, 0.3) is 0 Å². The molecule has 1 aromatic rings. The van der Waals surface area contributed by atoms with E-state index in [0.29, 0.717) is 6.54 Å². The van der Waals surface area contributed by atoms with Gasteiger partial charge in [0.05, 0.1) is 39.0 Å². The van der Waals surface area contributed by atoms with Crippen LogP contribution in [-0.2, 0) is 9.47 Å². The summed E-state index contributed by atoms with van der Waals surface area (Å²) < 4.78 is 11.0. The molecule has 2 aliphatic rings. The quantitative estimate of drug-likeness (QED) is 0.208.